The highest BCUT2D eigenvalue weighted by molar-refractivity contribution is 7.98. The number of nitrogens with zero attached hydrogens (tertiary/aromatic N) is 1. The van der Waals surface area contributed by atoms with Crippen molar-refractivity contribution in [3.8, 4) is 0 Å². The van der Waals surface area contributed by atoms with Crippen molar-refractivity contribution < 1.29 is 9.59 Å². The zero-order valence-corrected chi connectivity index (χ0v) is 16.2. The number of carbonyl (C=O) groups excluding carboxylic acids is 2. The second-order valence-corrected chi connectivity index (χ2v) is 7.84. The van der Waals surface area contributed by atoms with Crippen molar-refractivity contribution in [2.24, 2.45) is 5.92 Å². The molecule has 1 aliphatic rings. The number of hydrogen-bond donors (Lipinski definition) is 1. The Bertz CT molecular complexity index is 819. The molecule has 0 saturated heterocycles. The Morgan fingerprint density at radius 2 is 1.96 bits per heavy atom. The van der Waals surface area contributed by atoms with Gasteiger partial charge in [-0.25, -0.2) is 0 Å². The Hall–Kier alpha value is -2.27. The first-order valence-electron chi connectivity index (χ1n) is 8.83. The van der Waals surface area contributed by atoms with Gasteiger partial charge in [-0.3, -0.25) is 9.59 Å². The minimum absolute atomic E-state index is 0.0562. The molecule has 4 nitrogen and oxygen atoms in total. The van der Waals surface area contributed by atoms with Crippen molar-refractivity contribution in [3.63, 3.8) is 0 Å². The van der Waals surface area contributed by atoms with Gasteiger partial charge in [0.25, 0.3) is 5.91 Å². The van der Waals surface area contributed by atoms with E-state index in [1.165, 1.54) is 0 Å². The van der Waals surface area contributed by atoms with Crippen LogP contribution in [0.25, 0.3) is 0 Å². The molecule has 1 heterocycles. The van der Waals surface area contributed by atoms with Gasteiger partial charge in [-0.15, -0.1) is 11.8 Å². The molecule has 26 heavy (non-hydrogen) atoms. The van der Waals surface area contributed by atoms with Crippen LogP contribution in [-0.2, 0) is 11.3 Å². The highest BCUT2D eigenvalue weighted by Crippen LogP contribution is 2.28. The largest absolute Gasteiger partial charge is 0.324 e. The molecule has 5 heteroatoms. The van der Waals surface area contributed by atoms with Gasteiger partial charge in [0, 0.05) is 22.7 Å². The SMILES string of the molecule is CSc1cccc(NC(=O)C(CC(C)C)N2Cc3ccccc3C2=O)c1. The van der Waals surface area contributed by atoms with Crippen molar-refractivity contribution in [3.05, 3.63) is 59.7 Å². The summed E-state index contributed by atoms with van der Waals surface area (Å²) in [4.78, 5) is 28.6. The molecule has 0 radical (unpaired) electrons. The monoisotopic (exact) mass is 368 g/mol. The van der Waals surface area contributed by atoms with E-state index in [1.54, 1.807) is 16.7 Å². The standard InChI is InChI=1S/C21H24N2O2S/c1-14(2)11-19(20(24)22-16-8-6-9-17(12-16)26-3)23-13-15-7-4-5-10-18(15)21(23)25/h4-10,12,14,19H,11,13H2,1-3H3,(H,22,24). The predicted molar refractivity (Wildman–Crippen MR) is 106 cm³/mol. The van der Waals surface area contributed by atoms with Crippen LogP contribution in [0.15, 0.2) is 53.4 Å². The molecule has 1 unspecified atom stereocenters. The van der Waals surface area contributed by atoms with E-state index in [-0.39, 0.29) is 11.8 Å². The maximum atomic E-state index is 13.0. The summed E-state index contributed by atoms with van der Waals surface area (Å²) >= 11 is 1.63. The van der Waals surface area contributed by atoms with Crippen LogP contribution < -0.4 is 5.32 Å². The third kappa shape index (κ3) is 3.93. The number of thioether (sulfide) groups is 1. The number of carbonyl (C=O) groups is 2. The molecule has 2 aromatic carbocycles. The van der Waals surface area contributed by atoms with E-state index < -0.39 is 6.04 Å². The van der Waals surface area contributed by atoms with Gasteiger partial charge in [-0.1, -0.05) is 38.1 Å². The number of hydrogen-bond acceptors (Lipinski definition) is 3. The quantitative estimate of drug-likeness (QED) is 0.768. The van der Waals surface area contributed by atoms with E-state index in [4.69, 9.17) is 0 Å². The molecule has 2 aromatic rings. The molecule has 0 fully saturated rings. The minimum atomic E-state index is -0.479. The Labute approximate surface area is 159 Å². The lowest BCUT2D eigenvalue weighted by atomic mass is 10.0. The van der Waals surface area contributed by atoms with E-state index in [2.05, 4.69) is 19.2 Å². The number of nitrogens with one attached hydrogen (secondary N) is 1. The highest BCUT2D eigenvalue weighted by Gasteiger charge is 2.36. The first-order valence-corrected chi connectivity index (χ1v) is 10.1. The molecule has 0 spiro atoms. The Morgan fingerprint density at radius 1 is 1.19 bits per heavy atom. The highest BCUT2D eigenvalue weighted by atomic mass is 32.2. The average Bonchev–Trinajstić information content (AvgIpc) is 2.96. The third-order valence-corrected chi connectivity index (χ3v) is 5.29. The summed E-state index contributed by atoms with van der Waals surface area (Å²) in [6, 6.07) is 14.9. The van der Waals surface area contributed by atoms with Gasteiger partial charge in [-0.05, 0) is 48.4 Å². The van der Waals surface area contributed by atoms with Gasteiger partial charge in [0.15, 0.2) is 0 Å². The lowest BCUT2D eigenvalue weighted by Crippen LogP contribution is -2.45. The van der Waals surface area contributed by atoms with E-state index >= 15 is 0 Å². The van der Waals surface area contributed by atoms with E-state index in [9.17, 15) is 9.59 Å². The second kappa shape index (κ2) is 7.96. The smallest absolute Gasteiger partial charge is 0.255 e. The van der Waals surface area contributed by atoms with Crippen molar-refractivity contribution in [1.29, 1.82) is 0 Å². The zero-order valence-electron chi connectivity index (χ0n) is 15.4. The molecule has 0 bridgehead atoms. The summed E-state index contributed by atoms with van der Waals surface area (Å²) in [5.74, 6) is 0.122. The van der Waals surface area contributed by atoms with Gasteiger partial charge in [0.2, 0.25) is 5.91 Å². The maximum Gasteiger partial charge on any atom is 0.255 e. The van der Waals surface area contributed by atoms with Gasteiger partial charge < -0.3 is 10.2 Å². The van der Waals surface area contributed by atoms with Crippen LogP contribution in [0.3, 0.4) is 0 Å². The molecule has 136 valence electrons. The van der Waals surface area contributed by atoms with Crippen molar-refractivity contribution in [2.75, 3.05) is 11.6 Å². The summed E-state index contributed by atoms with van der Waals surface area (Å²) in [5, 5.41) is 3.00. The van der Waals surface area contributed by atoms with Gasteiger partial charge in [0.1, 0.15) is 6.04 Å². The molecule has 0 saturated carbocycles. The topological polar surface area (TPSA) is 49.4 Å². The Kier molecular flexibility index (Phi) is 5.67. The minimum Gasteiger partial charge on any atom is -0.324 e. The molecule has 1 N–H and O–H groups in total. The van der Waals surface area contributed by atoms with Gasteiger partial charge >= 0.3 is 0 Å². The molecule has 0 aliphatic carbocycles. The first kappa shape index (κ1) is 18.5. The van der Waals surface area contributed by atoms with Crippen LogP contribution in [0.1, 0.15) is 36.2 Å². The maximum absolute atomic E-state index is 13.0. The van der Waals surface area contributed by atoms with E-state index in [0.29, 0.717) is 24.4 Å². The number of fused-ring (bicyclic) bond motifs is 1. The lowest BCUT2D eigenvalue weighted by molar-refractivity contribution is -0.121. The zero-order chi connectivity index (χ0) is 18.7. The summed E-state index contributed by atoms with van der Waals surface area (Å²) in [6.07, 6.45) is 2.64. The molecule has 2 amide bonds. The van der Waals surface area contributed by atoms with Crippen molar-refractivity contribution in [1.82, 2.24) is 4.90 Å². The number of anilines is 1. The molecule has 1 aliphatic heterocycles. The van der Waals surface area contributed by atoms with E-state index in [0.717, 1.165) is 16.1 Å². The fourth-order valence-corrected chi connectivity index (χ4v) is 3.74. The number of amides is 2. The third-order valence-electron chi connectivity index (χ3n) is 4.56. The van der Waals surface area contributed by atoms with Crippen LogP contribution in [-0.4, -0.2) is 29.0 Å². The summed E-state index contributed by atoms with van der Waals surface area (Å²) < 4.78 is 0. The van der Waals surface area contributed by atoms with Gasteiger partial charge in [0.05, 0.1) is 0 Å². The molecule has 0 aromatic heterocycles. The van der Waals surface area contributed by atoms with Crippen LogP contribution >= 0.6 is 11.8 Å². The summed E-state index contributed by atoms with van der Waals surface area (Å²) in [7, 11) is 0. The number of benzene rings is 2. The van der Waals surface area contributed by atoms with Crippen LogP contribution in [0.4, 0.5) is 5.69 Å². The van der Waals surface area contributed by atoms with Crippen LogP contribution in [0, 0.1) is 5.92 Å². The molecular formula is C21H24N2O2S. The average molecular weight is 369 g/mol. The van der Waals surface area contributed by atoms with Crippen molar-refractivity contribution >= 4 is 29.3 Å². The second-order valence-electron chi connectivity index (χ2n) is 6.96. The lowest BCUT2D eigenvalue weighted by Gasteiger charge is -2.28. The van der Waals surface area contributed by atoms with Crippen LogP contribution in [0.2, 0.25) is 0 Å². The van der Waals surface area contributed by atoms with Crippen molar-refractivity contribution in [2.45, 2.75) is 37.8 Å². The molecule has 1 atom stereocenters. The Morgan fingerprint density at radius 3 is 2.65 bits per heavy atom. The number of rotatable bonds is 6. The fourth-order valence-electron chi connectivity index (χ4n) is 3.28. The van der Waals surface area contributed by atoms with Crippen LogP contribution in [0.5, 0.6) is 0 Å². The summed E-state index contributed by atoms with van der Waals surface area (Å²) in [6.45, 7) is 4.63. The summed E-state index contributed by atoms with van der Waals surface area (Å²) in [5.41, 5.74) is 2.46. The van der Waals surface area contributed by atoms with E-state index in [1.807, 2.05) is 54.8 Å². The Balaban J connectivity index is 1.82. The molecule has 3 rings (SSSR count). The predicted octanol–water partition coefficient (Wildman–Crippen LogP) is 4.42. The normalized spacial score (nSPS) is 14.5. The first-order chi connectivity index (χ1) is 12.5. The van der Waals surface area contributed by atoms with Gasteiger partial charge in [-0.2, -0.15) is 0 Å². The fraction of sp³-hybridized carbons (Fsp3) is 0.333. The molecular weight excluding hydrogens is 344 g/mol.